The summed E-state index contributed by atoms with van der Waals surface area (Å²) in [7, 11) is 0. The molecule has 1 aliphatic rings. The zero-order chi connectivity index (χ0) is 21.3. The van der Waals surface area contributed by atoms with E-state index in [4.69, 9.17) is 14.2 Å². The van der Waals surface area contributed by atoms with Gasteiger partial charge in [0.05, 0.1) is 0 Å². The maximum absolute atomic E-state index is 12.2. The fourth-order valence-corrected chi connectivity index (χ4v) is 2.84. The summed E-state index contributed by atoms with van der Waals surface area (Å²) in [5, 5.41) is 2.72. The van der Waals surface area contributed by atoms with E-state index in [1.54, 1.807) is 36.4 Å². The lowest BCUT2D eigenvalue weighted by atomic mass is 10.1. The summed E-state index contributed by atoms with van der Waals surface area (Å²) in [5.41, 5.74) is 2.22. The van der Waals surface area contributed by atoms with Crippen LogP contribution in [0.2, 0.25) is 0 Å². The number of hydrogen-bond donors (Lipinski definition) is 1. The van der Waals surface area contributed by atoms with Gasteiger partial charge in [0.25, 0.3) is 0 Å². The number of carbonyl (C=O) groups is 3. The summed E-state index contributed by atoms with van der Waals surface area (Å²) in [4.78, 5) is 35.0. The smallest absolute Gasteiger partial charge is 0.331 e. The molecular formula is C23H23NO6. The average molecular weight is 409 g/mol. The summed E-state index contributed by atoms with van der Waals surface area (Å²) < 4.78 is 16.0. The van der Waals surface area contributed by atoms with Crippen LogP contribution in [0.4, 0.5) is 0 Å². The molecule has 1 N–H and O–H groups in total. The molecule has 0 aromatic heterocycles. The summed E-state index contributed by atoms with van der Waals surface area (Å²) in [5.74, 6) is 0.335. The van der Waals surface area contributed by atoms with Crippen molar-refractivity contribution in [2.24, 2.45) is 0 Å². The second-order valence-electron chi connectivity index (χ2n) is 6.70. The van der Waals surface area contributed by atoms with Crippen molar-refractivity contribution < 1.29 is 28.6 Å². The molecule has 7 heteroatoms. The van der Waals surface area contributed by atoms with Crippen molar-refractivity contribution in [3.63, 3.8) is 0 Å². The number of rotatable bonds is 8. The van der Waals surface area contributed by atoms with E-state index in [0.29, 0.717) is 43.2 Å². The number of hydrogen-bond acceptors (Lipinski definition) is 6. The number of esters is 1. The van der Waals surface area contributed by atoms with Crippen molar-refractivity contribution in [3.05, 3.63) is 65.2 Å². The normalized spacial score (nSPS) is 12.4. The van der Waals surface area contributed by atoms with E-state index in [9.17, 15) is 14.4 Å². The van der Waals surface area contributed by atoms with Crippen LogP contribution in [0, 0.1) is 0 Å². The molecule has 0 aliphatic carbocycles. The molecule has 7 nitrogen and oxygen atoms in total. The maximum Gasteiger partial charge on any atom is 0.331 e. The van der Waals surface area contributed by atoms with Gasteiger partial charge in [-0.3, -0.25) is 9.59 Å². The Morgan fingerprint density at radius 2 is 1.77 bits per heavy atom. The maximum atomic E-state index is 12.2. The highest BCUT2D eigenvalue weighted by Gasteiger charge is 2.11. The van der Waals surface area contributed by atoms with E-state index >= 15 is 0 Å². The molecule has 0 saturated heterocycles. The van der Waals surface area contributed by atoms with Gasteiger partial charge in [-0.1, -0.05) is 30.3 Å². The standard InChI is InChI=1S/C23H23NO6/c1-16(25)24-11-10-17-2-6-19(7-3-17)20(26)15-30-23(27)9-5-18-4-8-21-22(14-18)29-13-12-28-21/h2-9,14H,10-13,15H2,1H3,(H,24,25)/b9-5+. The number of amides is 1. The molecule has 0 radical (unpaired) electrons. The lowest BCUT2D eigenvalue weighted by Crippen LogP contribution is -2.22. The van der Waals surface area contributed by atoms with Crippen molar-refractivity contribution in [2.75, 3.05) is 26.4 Å². The van der Waals surface area contributed by atoms with E-state index in [0.717, 1.165) is 11.1 Å². The lowest BCUT2D eigenvalue weighted by molar-refractivity contribution is -0.136. The molecule has 2 aromatic rings. The van der Waals surface area contributed by atoms with Crippen LogP contribution in [-0.4, -0.2) is 44.0 Å². The van der Waals surface area contributed by atoms with E-state index in [1.165, 1.54) is 13.0 Å². The highest BCUT2D eigenvalue weighted by molar-refractivity contribution is 5.98. The molecule has 2 aromatic carbocycles. The van der Waals surface area contributed by atoms with Crippen LogP contribution in [0.3, 0.4) is 0 Å². The number of Topliss-reactive ketones (excluding diaryl/α,β-unsaturated/α-hetero) is 1. The summed E-state index contributed by atoms with van der Waals surface area (Å²) in [6.45, 7) is 2.67. The van der Waals surface area contributed by atoms with Gasteiger partial charge in [-0.15, -0.1) is 0 Å². The van der Waals surface area contributed by atoms with Crippen molar-refractivity contribution >= 4 is 23.7 Å². The molecule has 0 bridgehead atoms. The molecular weight excluding hydrogens is 386 g/mol. The monoisotopic (exact) mass is 409 g/mol. The summed E-state index contributed by atoms with van der Waals surface area (Å²) >= 11 is 0. The molecule has 1 heterocycles. The van der Waals surface area contributed by atoms with E-state index in [2.05, 4.69) is 5.32 Å². The lowest BCUT2D eigenvalue weighted by Gasteiger charge is -2.18. The van der Waals surface area contributed by atoms with Crippen LogP contribution >= 0.6 is 0 Å². The minimum absolute atomic E-state index is 0.0772. The fraction of sp³-hybridized carbons (Fsp3) is 0.261. The van der Waals surface area contributed by atoms with Crippen molar-refractivity contribution in [1.29, 1.82) is 0 Å². The first-order chi connectivity index (χ1) is 14.5. The highest BCUT2D eigenvalue weighted by atomic mass is 16.6. The number of fused-ring (bicyclic) bond motifs is 1. The molecule has 30 heavy (non-hydrogen) atoms. The van der Waals surface area contributed by atoms with Crippen LogP contribution in [0.15, 0.2) is 48.5 Å². The number of benzene rings is 2. The quantitative estimate of drug-likeness (QED) is 0.409. The van der Waals surface area contributed by atoms with Crippen molar-refractivity contribution in [2.45, 2.75) is 13.3 Å². The third-order valence-corrected chi connectivity index (χ3v) is 4.39. The van der Waals surface area contributed by atoms with Gasteiger partial charge in [0, 0.05) is 25.1 Å². The molecule has 156 valence electrons. The second-order valence-corrected chi connectivity index (χ2v) is 6.70. The van der Waals surface area contributed by atoms with Crippen LogP contribution in [0.5, 0.6) is 11.5 Å². The van der Waals surface area contributed by atoms with Gasteiger partial charge in [0.2, 0.25) is 5.91 Å². The predicted molar refractivity (Wildman–Crippen MR) is 111 cm³/mol. The second kappa shape index (κ2) is 10.2. The Morgan fingerprint density at radius 1 is 1.03 bits per heavy atom. The highest BCUT2D eigenvalue weighted by Crippen LogP contribution is 2.31. The Kier molecular flexibility index (Phi) is 7.21. The zero-order valence-electron chi connectivity index (χ0n) is 16.7. The van der Waals surface area contributed by atoms with E-state index in [1.807, 2.05) is 12.1 Å². The number of ether oxygens (including phenoxy) is 3. The Morgan fingerprint density at radius 3 is 2.50 bits per heavy atom. The number of carbonyl (C=O) groups excluding carboxylic acids is 3. The van der Waals surface area contributed by atoms with Crippen LogP contribution in [0.1, 0.15) is 28.4 Å². The first-order valence-electron chi connectivity index (χ1n) is 9.62. The van der Waals surface area contributed by atoms with E-state index < -0.39 is 5.97 Å². The van der Waals surface area contributed by atoms with Gasteiger partial charge in [-0.25, -0.2) is 4.79 Å². The molecule has 0 spiro atoms. The largest absolute Gasteiger partial charge is 0.486 e. The predicted octanol–water partition coefficient (Wildman–Crippen LogP) is 2.58. The third-order valence-electron chi connectivity index (χ3n) is 4.39. The summed E-state index contributed by atoms with van der Waals surface area (Å²) in [6, 6.07) is 12.4. The van der Waals surface area contributed by atoms with E-state index in [-0.39, 0.29) is 18.3 Å². The minimum atomic E-state index is -0.606. The average Bonchev–Trinajstić information content (AvgIpc) is 2.76. The Hall–Kier alpha value is -3.61. The molecule has 0 fully saturated rings. The number of ketones is 1. The number of nitrogens with one attached hydrogen (secondary N) is 1. The molecule has 0 unspecified atom stereocenters. The molecule has 1 aliphatic heterocycles. The van der Waals surface area contributed by atoms with Crippen LogP contribution in [0.25, 0.3) is 6.08 Å². The van der Waals surface area contributed by atoms with Gasteiger partial charge in [-0.2, -0.15) is 0 Å². The topological polar surface area (TPSA) is 90.9 Å². The van der Waals surface area contributed by atoms with Crippen LogP contribution in [-0.2, 0) is 20.7 Å². The van der Waals surface area contributed by atoms with Gasteiger partial charge in [0.15, 0.2) is 23.9 Å². The first-order valence-corrected chi connectivity index (χ1v) is 9.62. The molecule has 0 atom stereocenters. The molecule has 3 rings (SSSR count). The third kappa shape index (κ3) is 6.20. The molecule has 0 saturated carbocycles. The first kappa shape index (κ1) is 21.1. The Bertz CT molecular complexity index is 949. The van der Waals surface area contributed by atoms with Crippen LogP contribution < -0.4 is 14.8 Å². The van der Waals surface area contributed by atoms with Gasteiger partial charge in [0.1, 0.15) is 13.2 Å². The SMILES string of the molecule is CC(=O)NCCc1ccc(C(=O)COC(=O)/C=C/c2ccc3c(c2)OCCO3)cc1. The zero-order valence-corrected chi connectivity index (χ0v) is 16.7. The van der Waals surface area contributed by atoms with Gasteiger partial charge >= 0.3 is 5.97 Å². The van der Waals surface area contributed by atoms with Crippen molar-refractivity contribution in [3.8, 4) is 11.5 Å². The van der Waals surface area contributed by atoms with Gasteiger partial charge < -0.3 is 19.5 Å². The Balaban J connectivity index is 1.46. The van der Waals surface area contributed by atoms with Gasteiger partial charge in [-0.05, 0) is 35.8 Å². The fourth-order valence-electron chi connectivity index (χ4n) is 2.84. The minimum Gasteiger partial charge on any atom is -0.486 e. The Labute approximate surface area is 174 Å². The summed E-state index contributed by atoms with van der Waals surface area (Å²) in [6.07, 6.45) is 3.53. The van der Waals surface area contributed by atoms with Crippen molar-refractivity contribution in [1.82, 2.24) is 5.32 Å². The molecule has 1 amide bonds.